The average Bonchev–Trinajstić information content (AvgIpc) is 2.29. The molecule has 0 spiro atoms. The van der Waals surface area contributed by atoms with Crippen molar-refractivity contribution in [2.45, 2.75) is 39.7 Å². The lowest BCUT2D eigenvalue weighted by atomic mass is 10.1. The third kappa shape index (κ3) is 5.32. The van der Waals surface area contributed by atoms with Crippen LogP contribution in [0.1, 0.15) is 36.0 Å². The van der Waals surface area contributed by atoms with E-state index in [4.69, 9.17) is 5.11 Å². The van der Waals surface area contributed by atoms with Gasteiger partial charge in [-0.3, -0.25) is 4.79 Å². The molecule has 0 bridgehead atoms. The minimum absolute atomic E-state index is 0.275. The number of carbonyl (C=O) groups is 1. The summed E-state index contributed by atoms with van der Waals surface area (Å²) in [6.45, 7) is 6.12. The monoisotopic (exact) mass is 249 g/mol. The van der Waals surface area contributed by atoms with Gasteiger partial charge in [0.1, 0.15) is 0 Å². The van der Waals surface area contributed by atoms with Crippen LogP contribution in [0.4, 0.5) is 0 Å². The van der Waals surface area contributed by atoms with Crippen molar-refractivity contribution >= 4 is 5.97 Å². The molecule has 1 N–H and O–H groups in total. The smallest absolute Gasteiger partial charge is 0.303 e. The van der Waals surface area contributed by atoms with Gasteiger partial charge in [-0.05, 0) is 57.0 Å². The van der Waals surface area contributed by atoms with Gasteiger partial charge < -0.3 is 10.0 Å². The van der Waals surface area contributed by atoms with Crippen LogP contribution in [-0.4, -0.2) is 29.6 Å². The minimum atomic E-state index is -0.702. The van der Waals surface area contributed by atoms with Gasteiger partial charge in [0.25, 0.3) is 0 Å². The number of aliphatic carboxylic acids is 1. The molecule has 1 rings (SSSR count). The van der Waals surface area contributed by atoms with Gasteiger partial charge in [-0.15, -0.1) is 0 Å². The Hall–Kier alpha value is -1.35. The number of nitrogens with zero attached hydrogens (tertiary/aromatic N) is 1. The van der Waals surface area contributed by atoms with Crippen molar-refractivity contribution in [1.29, 1.82) is 0 Å². The Bertz CT molecular complexity index is 401. The maximum atomic E-state index is 10.4. The van der Waals surface area contributed by atoms with Crippen LogP contribution in [0.25, 0.3) is 0 Å². The molecule has 0 amide bonds. The number of carboxylic acid groups (broad SMARTS) is 1. The van der Waals surface area contributed by atoms with Crippen LogP contribution in [0.15, 0.2) is 18.2 Å². The number of carboxylic acids is 1. The molecule has 100 valence electrons. The van der Waals surface area contributed by atoms with Crippen LogP contribution in [0.3, 0.4) is 0 Å². The highest BCUT2D eigenvalue weighted by Gasteiger charge is 2.03. The second-order valence-corrected chi connectivity index (χ2v) is 5.01. The van der Waals surface area contributed by atoms with Gasteiger partial charge in [0.15, 0.2) is 0 Å². The van der Waals surface area contributed by atoms with Gasteiger partial charge in [-0.25, -0.2) is 0 Å². The van der Waals surface area contributed by atoms with Gasteiger partial charge in [0, 0.05) is 13.0 Å². The maximum absolute atomic E-state index is 10.4. The molecular weight excluding hydrogens is 226 g/mol. The molecule has 0 aromatic heterocycles. The zero-order valence-corrected chi connectivity index (χ0v) is 11.6. The van der Waals surface area contributed by atoms with E-state index in [1.165, 1.54) is 16.7 Å². The highest BCUT2D eigenvalue weighted by atomic mass is 16.4. The fraction of sp³-hybridized carbons (Fsp3) is 0.533. The van der Waals surface area contributed by atoms with Gasteiger partial charge in [0.05, 0.1) is 0 Å². The normalized spacial score (nSPS) is 10.9. The molecule has 0 fully saturated rings. The molecule has 0 aliphatic carbocycles. The molecule has 0 radical (unpaired) electrons. The summed E-state index contributed by atoms with van der Waals surface area (Å²) in [5.41, 5.74) is 3.97. The highest BCUT2D eigenvalue weighted by molar-refractivity contribution is 5.66. The molecule has 0 heterocycles. The topological polar surface area (TPSA) is 40.5 Å². The summed E-state index contributed by atoms with van der Waals surface area (Å²) in [7, 11) is 2.08. The largest absolute Gasteiger partial charge is 0.481 e. The fourth-order valence-corrected chi connectivity index (χ4v) is 1.95. The standard InChI is InChI=1S/C15H23NO2/c1-12-7-8-14(10-13(12)2)11-16(3)9-5-4-6-15(17)18/h7-8,10H,4-6,9,11H2,1-3H3,(H,17,18). The second kappa shape index (κ2) is 7.17. The summed E-state index contributed by atoms with van der Waals surface area (Å²) < 4.78 is 0. The average molecular weight is 249 g/mol. The fourth-order valence-electron chi connectivity index (χ4n) is 1.95. The molecule has 18 heavy (non-hydrogen) atoms. The first-order chi connectivity index (χ1) is 8.49. The molecule has 1 aromatic rings. The van der Waals surface area contributed by atoms with Crippen LogP contribution >= 0.6 is 0 Å². The van der Waals surface area contributed by atoms with Crippen molar-refractivity contribution in [2.24, 2.45) is 0 Å². The number of benzene rings is 1. The van der Waals surface area contributed by atoms with E-state index in [0.29, 0.717) is 0 Å². The molecule has 0 aliphatic rings. The quantitative estimate of drug-likeness (QED) is 0.755. The Kier molecular flexibility index (Phi) is 5.86. The minimum Gasteiger partial charge on any atom is -0.481 e. The Morgan fingerprint density at radius 2 is 1.94 bits per heavy atom. The van der Waals surface area contributed by atoms with E-state index in [0.717, 1.165) is 25.9 Å². The SMILES string of the molecule is Cc1ccc(CN(C)CCCCC(=O)O)cc1C. The highest BCUT2D eigenvalue weighted by Crippen LogP contribution is 2.11. The van der Waals surface area contributed by atoms with Crippen molar-refractivity contribution in [3.05, 3.63) is 34.9 Å². The zero-order valence-electron chi connectivity index (χ0n) is 11.6. The van der Waals surface area contributed by atoms with Crippen molar-refractivity contribution in [2.75, 3.05) is 13.6 Å². The van der Waals surface area contributed by atoms with E-state index in [2.05, 4.69) is 44.0 Å². The van der Waals surface area contributed by atoms with Crippen molar-refractivity contribution in [1.82, 2.24) is 4.90 Å². The third-order valence-electron chi connectivity index (χ3n) is 3.20. The van der Waals surface area contributed by atoms with Gasteiger partial charge in [-0.2, -0.15) is 0 Å². The van der Waals surface area contributed by atoms with E-state index in [-0.39, 0.29) is 6.42 Å². The van der Waals surface area contributed by atoms with Gasteiger partial charge >= 0.3 is 5.97 Å². The predicted octanol–water partition coefficient (Wildman–Crippen LogP) is 2.99. The number of rotatable bonds is 7. The number of hydrogen-bond acceptors (Lipinski definition) is 2. The first-order valence-electron chi connectivity index (χ1n) is 6.45. The lowest BCUT2D eigenvalue weighted by molar-refractivity contribution is -0.137. The maximum Gasteiger partial charge on any atom is 0.303 e. The van der Waals surface area contributed by atoms with Crippen molar-refractivity contribution in [3.63, 3.8) is 0 Å². The van der Waals surface area contributed by atoms with Crippen molar-refractivity contribution in [3.8, 4) is 0 Å². The summed E-state index contributed by atoms with van der Waals surface area (Å²) in [4.78, 5) is 12.6. The first kappa shape index (κ1) is 14.7. The molecule has 0 atom stereocenters. The first-order valence-corrected chi connectivity index (χ1v) is 6.45. The molecule has 0 unspecified atom stereocenters. The summed E-state index contributed by atoms with van der Waals surface area (Å²) >= 11 is 0. The second-order valence-electron chi connectivity index (χ2n) is 5.01. The molecule has 3 nitrogen and oxygen atoms in total. The number of hydrogen-bond donors (Lipinski definition) is 1. The molecule has 1 aromatic carbocycles. The van der Waals surface area contributed by atoms with E-state index < -0.39 is 5.97 Å². The van der Waals surface area contributed by atoms with E-state index >= 15 is 0 Å². The molecule has 3 heteroatoms. The zero-order chi connectivity index (χ0) is 13.5. The van der Waals surface area contributed by atoms with Gasteiger partial charge in [-0.1, -0.05) is 18.2 Å². The Labute approximate surface area is 109 Å². The van der Waals surface area contributed by atoms with Crippen LogP contribution in [0, 0.1) is 13.8 Å². The lowest BCUT2D eigenvalue weighted by Crippen LogP contribution is -2.19. The summed E-state index contributed by atoms with van der Waals surface area (Å²) in [5.74, 6) is -0.702. The summed E-state index contributed by atoms with van der Waals surface area (Å²) in [6.07, 6.45) is 1.97. The van der Waals surface area contributed by atoms with E-state index in [1.54, 1.807) is 0 Å². The van der Waals surface area contributed by atoms with Crippen LogP contribution in [0.5, 0.6) is 0 Å². The number of unbranched alkanes of at least 4 members (excludes halogenated alkanes) is 1. The van der Waals surface area contributed by atoms with Crippen LogP contribution < -0.4 is 0 Å². The lowest BCUT2D eigenvalue weighted by Gasteiger charge is -2.17. The van der Waals surface area contributed by atoms with E-state index in [9.17, 15) is 4.79 Å². The van der Waals surface area contributed by atoms with Crippen LogP contribution in [-0.2, 0) is 11.3 Å². The summed E-state index contributed by atoms with van der Waals surface area (Å²) in [6, 6.07) is 6.54. The van der Waals surface area contributed by atoms with Gasteiger partial charge in [0.2, 0.25) is 0 Å². The Balaban J connectivity index is 2.33. The number of aryl methyl sites for hydroxylation is 2. The molecule has 0 aliphatic heterocycles. The molecule has 0 saturated heterocycles. The molecule has 0 saturated carbocycles. The third-order valence-corrected chi connectivity index (χ3v) is 3.20. The Morgan fingerprint density at radius 3 is 2.56 bits per heavy atom. The van der Waals surface area contributed by atoms with Crippen molar-refractivity contribution < 1.29 is 9.90 Å². The summed E-state index contributed by atoms with van der Waals surface area (Å²) in [5, 5.41) is 8.56. The molecular formula is C15H23NO2. The Morgan fingerprint density at radius 1 is 1.22 bits per heavy atom. The predicted molar refractivity (Wildman–Crippen MR) is 73.7 cm³/mol. The van der Waals surface area contributed by atoms with E-state index in [1.807, 2.05) is 0 Å². The van der Waals surface area contributed by atoms with Crippen LogP contribution in [0.2, 0.25) is 0 Å².